The van der Waals surface area contributed by atoms with Gasteiger partial charge in [-0.25, -0.2) is 13.8 Å². The lowest BCUT2D eigenvalue weighted by Gasteiger charge is -2.10. The second kappa shape index (κ2) is 8.94. The molecule has 0 atom stereocenters. The summed E-state index contributed by atoms with van der Waals surface area (Å²) >= 11 is 3.00. The number of carbonyl (C=O) groups excluding carboxylic acids is 2. The van der Waals surface area contributed by atoms with Gasteiger partial charge in [0.1, 0.15) is 21.2 Å². The van der Waals surface area contributed by atoms with Crippen molar-refractivity contribution in [2.75, 3.05) is 5.32 Å². The molecular weight excluding hydrogens is 555 g/mol. The van der Waals surface area contributed by atoms with Crippen LogP contribution in [0.5, 0.6) is 0 Å². The molecule has 0 aliphatic rings. The highest BCUT2D eigenvalue weighted by Gasteiger charge is 2.25. The van der Waals surface area contributed by atoms with Crippen LogP contribution in [-0.2, 0) is 11.3 Å². The molecule has 0 fully saturated rings. The average molecular weight is 571 g/mol. The summed E-state index contributed by atoms with van der Waals surface area (Å²) in [5.74, 6) is -0.893. The lowest BCUT2D eigenvalue weighted by atomic mass is 10.1. The first kappa shape index (κ1) is 22.3. The number of pyridine rings is 1. The Labute approximate surface area is 197 Å². The zero-order valence-electron chi connectivity index (χ0n) is 16.6. The Balaban J connectivity index is 1.75. The number of alkyl halides is 2. The van der Waals surface area contributed by atoms with E-state index in [1.165, 1.54) is 12.3 Å². The van der Waals surface area contributed by atoms with Gasteiger partial charge < -0.3 is 15.5 Å². The maximum Gasteiger partial charge on any atom is 0.280 e. The van der Waals surface area contributed by atoms with Crippen LogP contribution in [0.25, 0.3) is 21.5 Å². The fourth-order valence-electron chi connectivity index (χ4n) is 3.21. The van der Waals surface area contributed by atoms with Gasteiger partial charge in [0.2, 0.25) is 5.91 Å². The molecule has 4 aromatic rings. The van der Waals surface area contributed by atoms with E-state index in [0.717, 1.165) is 20.6 Å². The molecule has 3 N–H and O–H groups in total. The molecule has 8 nitrogen and oxygen atoms in total. The summed E-state index contributed by atoms with van der Waals surface area (Å²) in [7, 11) is 0. The minimum Gasteiger partial charge on any atom is -0.464 e. The number of halogens is 3. The summed E-state index contributed by atoms with van der Waals surface area (Å²) in [4.78, 5) is 29.0. The number of aromatic nitrogens is 3. The summed E-state index contributed by atoms with van der Waals surface area (Å²) < 4.78 is 34.9. The minimum absolute atomic E-state index is 0.0184. The molecule has 0 spiro atoms. The molecule has 12 heteroatoms. The second-order valence-corrected chi connectivity index (χ2v) is 8.98. The number of rotatable bonds is 7. The predicted molar refractivity (Wildman–Crippen MR) is 124 cm³/mol. The molecule has 0 saturated heterocycles. The molecule has 0 bridgehead atoms. The van der Waals surface area contributed by atoms with Gasteiger partial charge in [0.25, 0.3) is 12.3 Å². The highest BCUT2D eigenvalue weighted by molar-refractivity contribution is 14.1. The van der Waals surface area contributed by atoms with Gasteiger partial charge in [-0.15, -0.1) is 11.3 Å². The van der Waals surface area contributed by atoms with E-state index in [2.05, 4.69) is 38.0 Å². The van der Waals surface area contributed by atoms with Crippen LogP contribution >= 0.6 is 33.9 Å². The van der Waals surface area contributed by atoms with E-state index < -0.39 is 18.0 Å². The average Bonchev–Trinajstić information content (AvgIpc) is 3.47. The first-order valence-corrected chi connectivity index (χ1v) is 11.2. The van der Waals surface area contributed by atoms with E-state index in [1.54, 1.807) is 23.0 Å². The van der Waals surface area contributed by atoms with Gasteiger partial charge in [-0.1, -0.05) is 0 Å². The van der Waals surface area contributed by atoms with Crippen LogP contribution in [0.4, 0.5) is 14.5 Å². The van der Waals surface area contributed by atoms with Crippen molar-refractivity contribution in [2.24, 2.45) is 5.73 Å². The first-order chi connectivity index (χ1) is 15.3. The van der Waals surface area contributed by atoms with E-state index in [-0.39, 0.29) is 33.3 Å². The fraction of sp³-hybridized carbons (Fsp3) is 0.200. The largest absolute Gasteiger partial charge is 0.464 e. The van der Waals surface area contributed by atoms with Crippen LogP contribution in [0.2, 0.25) is 0 Å². The number of fused-ring (bicyclic) bond motifs is 1. The third-order valence-electron chi connectivity index (χ3n) is 4.77. The standard InChI is InChI=1S/C20H16F2IN5O3S/c1-9-11(23)8-25-28(9)5-4-14(29)27-16-15-10(13-3-2-6-31-13)7-12(18(21)22)26-20(15)32-17(16)19(24)30/h2-3,6-8,18H,4-5H2,1H3,(H2,24,30)(H,27,29). The summed E-state index contributed by atoms with van der Waals surface area (Å²) in [5.41, 5.74) is 6.39. The molecule has 32 heavy (non-hydrogen) atoms. The summed E-state index contributed by atoms with van der Waals surface area (Å²) in [6, 6.07) is 4.39. The third kappa shape index (κ3) is 4.24. The highest BCUT2D eigenvalue weighted by Crippen LogP contribution is 2.42. The summed E-state index contributed by atoms with van der Waals surface area (Å²) in [6.45, 7) is 2.22. The van der Waals surface area contributed by atoms with Gasteiger partial charge in [0.05, 0.1) is 28.3 Å². The van der Waals surface area contributed by atoms with Crippen molar-refractivity contribution in [3.8, 4) is 11.3 Å². The monoisotopic (exact) mass is 571 g/mol. The number of nitrogens with one attached hydrogen (secondary N) is 1. The van der Waals surface area contributed by atoms with Crippen molar-refractivity contribution in [2.45, 2.75) is 26.3 Å². The van der Waals surface area contributed by atoms with Crippen LogP contribution in [0.15, 0.2) is 35.1 Å². The van der Waals surface area contributed by atoms with E-state index >= 15 is 0 Å². The zero-order chi connectivity index (χ0) is 23.0. The van der Waals surface area contributed by atoms with Crippen LogP contribution in [0, 0.1) is 10.5 Å². The first-order valence-electron chi connectivity index (χ1n) is 9.33. The van der Waals surface area contributed by atoms with Gasteiger partial charge in [-0.3, -0.25) is 14.3 Å². The van der Waals surface area contributed by atoms with Gasteiger partial charge >= 0.3 is 0 Å². The molecule has 166 valence electrons. The number of nitrogens with two attached hydrogens (primary N) is 1. The van der Waals surface area contributed by atoms with E-state index in [0.29, 0.717) is 17.7 Å². The SMILES string of the molecule is Cc1c(I)cnn1CCC(=O)Nc1c(C(N)=O)sc2nc(C(F)F)cc(-c3ccco3)c12. The van der Waals surface area contributed by atoms with Gasteiger partial charge in [-0.2, -0.15) is 5.10 Å². The quantitative estimate of drug-likeness (QED) is 0.311. The molecule has 4 rings (SSSR count). The molecule has 4 heterocycles. The Kier molecular flexibility index (Phi) is 6.24. The number of hydrogen-bond donors (Lipinski definition) is 2. The topological polar surface area (TPSA) is 116 Å². The van der Waals surface area contributed by atoms with Gasteiger partial charge in [0.15, 0.2) is 0 Å². The molecule has 2 amide bonds. The molecule has 0 unspecified atom stereocenters. The zero-order valence-corrected chi connectivity index (χ0v) is 19.5. The van der Waals surface area contributed by atoms with Crippen LogP contribution in [0.1, 0.15) is 33.9 Å². The van der Waals surface area contributed by atoms with Crippen LogP contribution in [0.3, 0.4) is 0 Å². The number of amides is 2. The molecule has 0 radical (unpaired) electrons. The Morgan fingerprint density at radius 1 is 1.41 bits per heavy atom. The third-order valence-corrected chi connectivity index (χ3v) is 6.93. The molecular formula is C20H16F2IN5O3S. The maximum atomic E-state index is 13.4. The maximum absolute atomic E-state index is 13.4. The Bertz CT molecular complexity index is 1320. The lowest BCUT2D eigenvalue weighted by Crippen LogP contribution is -2.18. The van der Waals surface area contributed by atoms with Crippen LogP contribution < -0.4 is 11.1 Å². The normalized spacial score (nSPS) is 11.4. The molecule has 0 saturated carbocycles. The Morgan fingerprint density at radius 2 is 2.19 bits per heavy atom. The molecule has 4 aromatic heterocycles. The van der Waals surface area contributed by atoms with Crippen molar-refractivity contribution >= 4 is 61.6 Å². The summed E-state index contributed by atoms with van der Waals surface area (Å²) in [5, 5.41) is 7.26. The Hall–Kier alpha value is -2.87. The van der Waals surface area contributed by atoms with Crippen molar-refractivity contribution in [1.82, 2.24) is 14.8 Å². The van der Waals surface area contributed by atoms with Crippen molar-refractivity contribution in [3.63, 3.8) is 0 Å². The number of anilines is 1. The smallest absolute Gasteiger partial charge is 0.280 e. The number of primary amides is 1. The van der Waals surface area contributed by atoms with Crippen molar-refractivity contribution in [1.29, 1.82) is 0 Å². The highest BCUT2D eigenvalue weighted by atomic mass is 127. The minimum atomic E-state index is -2.83. The molecule has 0 aliphatic heterocycles. The van der Waals surface area contributed by atoms with Crippen molar-refractivity contribution in [3.05, 3.63) is 50.5 Å². The molecule has 0 aliphatic carbocycles. The Morgan fingerprint density at radius 3 is 2.78 bits per heavy atom. The van der Waals surface area contributed by atoms with Crippen molar-refractivity contribution < 1.29 is 22.8 Å². The predicted octanol–water partition coefficient (Wildman–Crippen LogP) is 4.73. The fourth-order valence-corrected chi connectivity index (χ4v) is 4.62. The van der Waals surface area contributed by atoms with E-state index in [1.807, 2.05) is 6.92 Å². The van der Waals surface area contributed by atoms with E-state index in [9.17, 15) is 18.4 Å². The number of furan rings is 1. The van der Waals surface area contributed by atoms with Gasteiger partial charge in [0, 0.05) is 23.1 Å². The number of hydrogen-bond acceptors (Lipinski definition) is 6. The summed E-state index contributed by atoms with van der Waals surface area (Å²) in [6.07, 6.45) is 0.349. The van der Waals surface area contributed by atoms with Gasteiger partial charge in [-0.05, 0) is 47.7 Å². The van der Waals surface area contributed by atoms with E-state index in [4.69, 9.17) is 10.2 Å². The number of nitrogens with zero attached hydrogens (tertiary/aromatic N) is 3. The lowest BCUT2D eigenvalue weighted by molar-refractivity contribution is -0.116. The number of carbonyl (C=O) groups is 2. The number of aryl methyl sites for hydroxylation is 1. The second-order valence-electron chi connectivity index (χ2n) is 6.82. The van der Waals surface area contributed by atoms with Crippen LogP contribution in [-0.4, -0.2) is 26.6 Å². The molecule has 0 aromatic carbocycles. The number of thiophene rings is 1.